The number of hydrogen-bond acceptors (Lipinski definition) is 5. The van der Waals surface area contributed by atoms with Crippen molar-refractivity contribution in [2.75, 3.05) is 6.61 Å². The van der Waals surface area contributed by atoms with Crippen LogP contribution in [0.25, 0.3) is 28.1 Å². The van der Waals surface area contributed by atoms with Crippen molar-refractivity contribution in [2.45, 2.75) is 38.8 Å². The second-order valence-corrected chi connectivity index (χ2v) is 10.5. The fourth-order valence-corrected chi connectivity index (χ4v) is 5.60. The molecular weight excluding hydrogens is 538 g/mol. The number of nitrogens with zero attached hydrogens (tertiary/aromatic N) is 3. The van der Waals surface area contributed by atoms with Crippen molar-refractivity contribution in [3.8, 4) is 11.6 Å². The second-order valence-electron chi connectivity index (χ2n) is 10.5. The van der Waals surface area contributed by atoms with Crippen molar-refractivity contribution in [1.29, 1.82) is 0 Å². The molecular formula is C36H33N3O4. The maximum Gasteiger partial charge on any atom is 0.328 e. The normalized spacial score (nSPS) is 15.9. The van der Waals surface area contributed by atoms with Crippen molar-refractivity contribution in [3.63, 3.8) is 0 Å². The van der Waals surface area contributed by atoms with Crippen molar-refractivity contribution in [1.82, 2.24) is 14.8 Å². The van der Waals surface area contributed by atoms with Crippen LogP contribution in [0.3, 0.4) is 0 Å². The van der Waals surface area contributed by atoms with E-state index in [1.54, 1.807) is 12.3 Å². The monoisotopic (exact) mass is 571 g/mol. The van der Waals surface area contributed by atoms with E-state index in [4.69, 9.17) is 19.7 Å². The van der Waals surface area contributed by atoms with E-state index in [1.807, 2.05) is 65.5 Å². The summed E-state index contributed by atoms with van der Waals surface area (Å²) in [5.74, 6) is 0.273. The van der Waals surface area contributed by atoms with Crippen LogP contribution in [-0.2, 0) is 9.53 Å². The molecule has 2 aromatic heterocycles. The molecule has 7 heteroatoms. The van der Waals surface area contributed by atoms with Crippen molar-refractivity contribution >= 4 is 34.1 Å². The SMILES string of the molecule is CCC(=C(c1ccc(C=CC(=O)O)cc1)c1ccc2c(cnn2C2CCCCO2)c1)c1cccc(Oc2ccccn2)c1. The Morgan fingerprint density at radius 3 is 2.60 bits per heavy atom. The minimum Gasteiger partial charge on any atom is -0.478 e. The summed E-state index contributed by atoms with van der Waals surface area (Å²) in [6.07, 6.45) is 10.3. The van der Waals surface area contributed by atoms with Crippen LogP contribution in [-0.4, -0.2) is 32.4 Å². The van der Waals surface area contributed by atoms with Gasteiger partial charge in [-0.3, -0.25) is 0 Å². The van der Waals surface area contributed by atoms with E-state index >= 15 is 0 Å². The van der Waals surface area contributed by atoms with Gasteiger partial charge in [-0.05, 0) is 95.5 Å². The lowest BCUT2D eigenvalue weighted by atomic mass is 9.87. The van der Waals surface area contributed by atoms with Gasteiger partial charge in [0, 0.05) is 30.3 Å². The third kappa shape index (κ3) is 6.42. The molecule has 216 valence electrons. The zero-order valence-electron chi connectivity index (χ0n) is 24.0. The van der Waals surface area contributed by atoms with Gasteiger partial charge in [0.1, 0.15) is 5.75 Å². The first-order valence-electron chi connectivity index (χ1n) is 14.6. The Morgan fingerprint density at radius 1 is 1.00 bits per heavy atom. The molecule has 1 fully saturated rings. The number of aromatic nitrogens is 3. The van der Waals surface area contributed by atoms with Gasteiger partial charge in [-0.2, -0.15) is 5.10 Å². The number of hydrogen-bond donors (Lipinski definition) is 1. The molecule has 0 aliphatic carbocycles. The molecule has 1 aliphatic heterocycles. The summed E-state index contributed by atoms with van der Waals surface area (Å²) < 4.78 is 14.1. The summed E-state index contributed by atoms with van der Waals surface area (Å²) in [6.45, 7) is 2.92. The highest BCUT2D eigenvalue weighted by atomic mass is 16.5. The van der Waals surface area contributed by atoms with Crippen molar-refractivity contribution in [2.24, 2.45) is 0 Å². The fraction of sp³-hybridized carbons (Fsp3) is 0.194. The van der Waals surface area contributed by atoms with Crippen LogP contribution < -0.4 is 4.74 Å². The fourth-order valence-electron chi connectivity index (χ4n) is 5.60. The van der Waals surface area contributed by atoms with Crippen molar-refractivity contribution in [3.05, 3.63) is 126 Å². The largest absolute Gasteiger partial charge is 0.478 e. The number of aliphatic carboxylic acids is 1. The van der Waals surface area contributed by atoms with Gasteiger partial charge in [0.05, 0.1) is 11.7 Å². The lowest BCUT2D eigenvalue weighted by Gasteiger charge is -2.23. The molecule has 3 heterocycles. The molecule has 6 rings (SSSR count). The minimum absolute atomic E-state index is 0.0356. The lowest BCUT2D eigenvalue weighted by molar-refractivity contribution is -0.131. The predicted molar refractivity (Wildman–Crippen MR) is 169 cm³/mol. The van der Waals surface area contributed by atoms with Crippen LogP contribution in [0.4, 0.5) is 0 Å². The number of rotatable bonds is 9. The number of fused-ring (bicyclic) bond motifs is 1. The molecule has 43 heavy (non-hydrogen) atoms. The van der Waals surface area contributed by atoms with Crippen LogP contribution >= 0.6 is 0 Å². The topological polar surface area (TPSA) is 86.5 Å². The average Bonchev–Trinajstić information content (AvgIpc) is 3.47. The minimum atomic E-state index is -0.974. The number of carboxylic acid groups (broad SMARTS) is 1. The van der Waals surface area contributed by atoms with Crippen LogP contribution in [0, 0.1) is 0 Å². The van der Waals surface area contributed by atoms with Crippen LogP contribution in [0.1, 0.15) is 61.1 Å². The van der Waals surface area contributed by atoms with Gasteiger partial charge in [0.2, 0.25) is 5.88 Å². The van der Waals surface area contributed by atoms with Gasteiger partial charge in [-0.1, -0.05) is 55.5 Å². The number of ether oxygens (including phenoxy) is 2. The number of allylic oxidation sites excluding steroid dienone is 1. The smallest absolute Gasteiger partial charge is 0.328 e. The molecule has 1 atom stereocenters. The molecule has 3 aromatic carbocycles. The molecule has 1 N–H and O–H groups in total. The highest BCUT2D eigenvalue weighted by Crippen LogP contribution is 2.37. The lowest BCUT2D eigenvalue weighted by Crippen LogP contribution is -2.18. The Morgan fingerprint density at radius 2 is 1.86 bits per heavy atom. The molecule has 7 nitrogen and oxygen atoms in total. The number of pyridine rings is 1. The number of benzene rings is 3. The third-order valence-electron chi connectivity index (χ3n) is 7.63. The zero-order chi connectivity index (χ0) is 29.6. The molecule has 0 bridgehead atoms. The Hall–Kier alpha value is -5.01. The maximum atomic E-state index is 11.0. The molecule has 1 saturated heterocycles. The summed E-state index contributed by atoms with van der Waals surface area (Å²) in [5.41, 5.74) is 7.26. The molecule has 0 radical (unpaired) electrons. The van der Waals surface area contributed by atoms with Gasteiger partial charge in [-0.15, -0.1) is 0 Å². The van der Waals surface area contributed by atoms with Gasteiger partial charge in [0.25, 0.3) is 0 Å². The number of carboxylic acids is 1. The Labute approximate surface area is 250 Å². The Bertz CT molecular complexity index is 1780. The molecule has 1 unspecified atom stereocenters. The van der Waals surface area contributed by atoms with Crippen molar-refractivity contribution < 1.29 is 19.4 Å². The molecule has 1 aliphatic rings. The van der Waals surface area contributed by atoms with Gasteiger partial charge >= 0.3 is 5.97 Å². The van der Waals surface area contributed by atoms with Gasteiger partial charge < -0.3 is 14.6 Å². The third-order valence-corrected chi connectivity index (χ3v) is 7.63. The van der Waals surface area contributed by atoms with E-state index < -0.39 is 5.97 Å². The van der Waals surface area contributed by atoms with E-state index in [9.17, 15) is 4.79 Å². The van der Waals surface area contributed by atoms with Gasteiger partial charge in [-0.25, -0.2) is 14.5 Å². The van der Waals surface area contributed by atoms with Crippen LogP contribution in [0.5, 0.6) is 11.6 Å². The van der Waals surface area contributed by atoms with Crippen LogP contribution in [0.15, 0.2) is 103 Å². The van der Waals surface area contributed by atoms with Crippen LogP contribution in [0.2, 0.25) is 0 Å². The predicted octanol–water partition coefficient (Wildman–Crippen LogP) is 8.39. The average molecular weight is 572 g/mol. The summed E-state index contributed by atoms with van der Waals surface area (Å²) in [4.78, 5) is 15.4. The molecule has 5 aromatic rings. The maximum absolute atomic E-state index is 11.0. The van der Waals surface area contributed by atoms with Gasteiger partial charge in [0.15, 0.2) is 6.23 Å². The summed E-state index contributed by atoms with van der Waals surface area (Å²) in [5, 5.41) is 14.8. The quantitative estimate of drug-likeness (QED) is 0.141. The summed E-state index contributed by atoms with van der Waals surface area (Å²) >= 11 is 0. The first-order chi connectivity index (χ1) is 21.1. The standard InChI is InChI=1S/C36H33N3O4/c1-2-31(27-8-7-9-30(23-27)43-33-10-3-5-20-37-33)36(26-15-12-25(13-16-26)14-19-35(40)41)28-17-18-32-29(22-28)24-38-39(32)34-11-4-6-21-42-34/h3,5,7-10,12-20,22-24,34H,2,4,6,11,21H2,1H3,(H,40,41). The first-order valence-corrected chi connectivity index (χ1v) is 14.6. The Kier molecular flexibility index (Phi) is 8.42. The van der Waals surface area contributed by atoms with E-state index in [-0.39, 0.29) is 6.23 Å². The highest BCUT2D eigenvalue weighted by molar-refractivity contribution is 6.00. The van der Waals surface area contributed by atoms with E-state index in [2.05, 4.69) is 42.2 Å². The van der Waals surface area contributed by atoms with E-state index in [0.717, 1.165) is 82.7 Å². The molecule has 0 saturated carbocycles. The highest BCUT2D eigenvalue weighted by Gasteiger charge is 2.20. The van der Waals surface area contributed by atoms with E-state index in [1.165, 1.54) is 0 Å². The summed E-state index contributed by atoms with van der Waals surface area (Å²) in [6, 6.07) is 28.1. The second kappa shape index (κ2) is 12.9. The molecule has 0 spiro atoms. The summed E-state index contributed by atoms with van der Waals surface area (Å²) in [7, 11) is 0. The Balaban J connectivity index is 1.45. The molecule has 0 amide bonds. The number of carbonyl (C=O) groups is 1. The zero-order valence-corrected chi connectivity index (χ0v) is 24.0. The van der Waals surface area contributed by atoms with E-state index in [0.29, 0.717) is 11.6 Å². The first kappa shape index (κ1) is 28.1.